The molecule has 242 valence electrons. The largest absolute Gasteiger partial charge is 0.497 e. The number of thiol groups is 1. The van der Waals surface area contributed by atoms with E-state index in [-0.39, 0.29) is 0 Å². The Kier molecular flexibility index (Phi) is 15.5. The maximum absolute atomic E-state index is 13.0. The van der Waals surface area contributed by atoms with Crippen molar-refractivity contribution in [2.75, 3.05) is 20.2 Å². The summed E-state index contributed by atoms with van der Waals surface area (Å²) in [6.07, 6.45) is 1.45. The lowest BCUT2D eigenvalue weighted by Gasteiger charge is -2.20. The molecule has 0 heterocycles. The number of carbonyl (C=O) groups excluding carboxylic acids is 3. The second kappa shape index (κ2) is 19.5. The summed E-state index contributed by atoms with van der Waals surface area (Å²) in [4.78, 5) is 38.8. The van der Waals surface area contributed by atoms with E-state index in [2.05, 4.69) is 35.5 Å². The molecule has 7 nitrogen and oxygen atoms in total. The quantitative estimate of drug-likeness (QED) is 0.102. The van der Waals surface area contributed by atoms with Crippen molar-refractivity contribution in [2.24, 2.45) is 0 Å². The summed E-state index contributed by atoms with van der Waals surface area (Å²) in [6.45, 7) is 2.64. The molecule has 1 unspecified atom stereocenters. The zero-order valence-corrected chi connectivity index (χ0v) is 28.2. The van der Waals surface area contributed by atoms with Crippen molar-refractivity contribution in [3.63, 3.8) is 0 Å². The number of ether oxygens (including phenoxy) is 1. The van der Waals surface area contributed by atoms with Gasteiger partial charge in [-0.05, 0) is 79.3 Å². The van der Waals surface area contributed by atoms with Gasteiger partial charge in [0.15, 0.2) is 6.04 Å². The van der Waals surface area contributed by atoms with Crippen molar-refractivity contribution in [2.45, 2.75) is 37.5 Å². The Labute approximate surface area is 286 Å². The maximum Gasteiger partial charge on any atom is 0.252 e. The Hall–Kier alpha value is -3.98. The van der Waals surface area contributed by atoms with Gasteiger partial charge in [-0.3, -0.25) is 14.4 Å². The highest BCUT2D eigenvalue weighted by molar-refractivity contribution is 7.81. The third-order valence-electron chi connectivity index (χ3n) is 6.89. The SMILES string of the molecule is COc1ccc(C)cc1.O=C(NC(C(=O)NCCc1ccc(Cl)cc1)C(=O)NCCc1ccc(Cl)cc1)C(S)Cc1ccccc1. The zero-order valence-electron chi connectivity index (χ0n) is 25.8. The topological polar surface area (TPSA) is 96.5 Å². The smallest absolute Gasteiger partial charge is 0.252 e. The highest BCUT2D eigenvalue weighted by Gasteiger charge is 2.30. The van der Waals surface area contributed by atoms with Gasteiger partial charge in [0, 0.05) is 23.1 Å². The van der Waals surface area contributed by atoms with E-state index < -0.39 is 29.0 Å². The molecule has 3 amide bonds. The number of rotatable bonds is 13. The van der Waals surface area contributed by atoms with Crippen LogP contribution in [0.25, 0.3) is 0 Å². The van der Waals surface area contributed by atoms with E-state index in [4.69, 9.17) is 27.9 Å². The Bertz CT molecular complexity index is 1460. The molecular weight excluding hydrogens is 641 g/mol. The van der Waals surface area contributed by atoms with Gasteiger partial charge in [-0.15, -0.1) is 0 Å². The number of aryl methyl sites for hydroxylation is 1. The van der Waals surface area contributed by atoms with E-state index in [0.717, 1.165) is 22.4 Å². The van der Waals surface area contributed by atoms with Crippen molar-refractivity contribution >= 4 is 53.6 Å². The minimum atomic E-state index is -1.40. The summed E-state index contributed by atoms with van der Waals surface area (Å²) < 4.78 is 4.97. The summed E-state index contributed by atoms with van der Waals surface area (Å²) in [7, 11) is 1.67. The molecule has 3 N–H and O–H groups in total. The molecule has 0 saturated heterocycles. The summed E-state index contributed by atoms with van der Waals surface area (Å²) in [5, 5.41) is 8.60. The monoisotopic (exact) mass is 679 g/mol. The van der Waals surface area contributed by atoms with E-state index in [9.17, 15) is 14.4 Å². The lowest BCUT2D eigenvalue weighted by atomic mass is 10.1. The van der Waals surface area contributed by atoms with Crippen molar-refractivity contribution in [3.05, 3.63) is 135 Å². The van der Waals surface area contributed by atoms with Gasteiger partial charge in [0.2, 0.25) is 5.91 Å². The number of halogens is 2. The first-order valence-corrected chi connectivity index (χ1v) is 16.1. The summed E-state index contributed by atoms with van der Waals surface area (Å²) in [5.41, 5.74) is 4.15. The van der Waals surface area contributed by atoms with Crippen molar-refractivity contribution in [1.82, 2.24) is 16.0 Å². The highest BCUT2D eigenvalue weighted by Crippen LogP contribution is 2.12. The molecule has 0 aliphatic heterocycles. The fourth-order valence-electron chi connectivity index (χ4n) is 4.26. The van der Waals surface area contributed by atoms with Crippen LogP contribution in [-0.2, 0) is 33.6 Å². The average Bonchev–Trinajstić information content (AvgIpc) is 3.06. The van der Waals surface area contributed by atoms with Crippen LogP contribution in [0.5, 0.6) is 5.75 Å². The number of benzene rings is 4. The Morgan fingerprint density at radius 2 is 1.15 bits per heavy atom. The molecule has 4 aromatic carbocycles. The third-order valence-corrected chi connectivity index (χ3v) is 7.82. The van der Waals surface area contributed by atoms with Crippen LogP contribution in [0.1, 0.15) is 22.3 Å². The highest BCUT2D eigenvalue weighted by atomic mass is 35.5. The second-order valence-electron chi connectivity index (χ2n) is 10.5. The van der Waals surface area contributed by atoms with Crippen molar-refractivity contribution in [1.29, 1.82) is 0 Å². The number of carbonyl (C=O) groups is 3. The lowest BCUT2D eigenvalue weighted by molar-refractivity contribution is -0.136. The molecule has 46 heavy (non-hydrogen) atoms. The summed E-state index contributed by atoms with van der Waals surface area (Å²) in [6, 6.07) is 30.5. The van der Waals surface area contributed by atoms with E-state index >= 15 is 0 Å². The lowest BCUT2D eigenvalue weighted by Crippen LogP contribution is -2.57. The van der Waals surface area contributed by atoms with Gasteiger partial charge in [-0.2, -0.15) is 12.6 Å². The van der Waals surface area contributed by atoms with Crippen molar-refractivity contribution < 1.29 is 19.1 Å². The fraction of sp³-hybridized carbons (Fsp3) is 0.250. The van der Waals surface area contributed by atoms with Crippen LogP contribution in [0.3, 0.4) is 0 Å². The Balaban J connectivity index is 0.000000549. The molecule has 0 saturated carbocycles. The first-order chi connectivity index (χ1) is 22.1. The van der Waals surface area contributed by atoms with Crippen LogP contribution in [0, 0.1) is 6.92 Å². The molecule has 0 radical (unpaired) electrons. The minimum absolute atomic E-state index is 0.291. The normalized spacial score (nSPS) is 11.1. The maximum atomic E-state index is 13.0. The number of amides is 3. The summed E-state index contributed by atoms with van der Waals surface area (Å²) in [5.74, 6) is -0.767. The first-order valence-electron chi connectivity index (χ1n) is 14.8. The summed E-state index contributed by atoms with van der Waals surface area (Å²) >= 11 is 16.2. The molecule has 0 bridgehead atoms. The van der Waals surface area contributed by atoms with E-state index in [1.807, 2.05) is 78.9 Å². The van der Waals surface area contributed by atoms with Crippen LogP contribution in [0.2, 0.25) is 10.0 Å². The van der Waals surface area contributed by atoms with Crippen LogP contribution in [-0.4, -0.2) is 49.2 Å². The fourth-order valence-corrected chi connectivity index (χ4v) is 4.80. The number of hydrogen-bond donors (Lipinski definition) is 4. The van der Waals surface area contributed by atoms with Gasteiger partial charge in [0.1, 0.15) is 5.75 Å². The molecule has 1 atom stereocenters. The predicted octanol–water partition coefficient (Wildman–Crippen LogP) is 6.04. The van der Waals surface area contributed by atoms with Crippen LogP contribution >= 0.6 is 35.8 Å². The first kappa shape index (κ1) is 36.5. The molecule has 0 aliphatic rings. The van der Waals surface area contributed by atoms with Gasteiger partial charge in [-0.1, -0.05) is 95.5 Å². The van der Waals surface area contributed by atoms with E-state index in [1.165, 1.54) is 5.56 Å². The Morgan fingerprint density at radius 1 is 0.674 bits per heavy atom. The van der Waals surface area contributed by atoms with E-state index in [1.54, 1.807) is 31.4 Å². The molecule has 0 aliphatic carbocycles. The molecule has 4 rings (SSSR count). The van der Waals surface area contributed by atoms with Gasteiger partial charge in [0.25, 0.3) is 11.8 Å². The van der Waals surface area contributed by atoms with Crippen LogP contribution in [0.4, 0.5) is 0 Å². The predicted molar refractivity (Wildman–Crippen MR) is 189 cm³/mol. The molecule has 0 aromatic heterocycles. The van der Waals surface area contributed by atoms with E-state index in [0.29, 0.717) is 42.4 Å². The van der Waals surface area contributed by atoms with Gasteiger partial charge < -0.3 is 20.7 Å². The zero-order chi connectivity index (χ0) is 33.3. The molecule has 0 fully saturated rings. The van der Waals surface area contributed by atoms with Crippen LogP contribution in [0.15, 0.2) is 103 Å². The number of nitrogens with one attached hydrogen (secondary N) is 3. The van der Waals surface area contributed by atoms with Crippen molar-refractivity contribution in [3.8, 4) is 5.75 Å². The standard InChI is InChI=1S/C28H29Cl2N3O3S.C8H10O/c29-22-10-6-19(7-11-22)14-16-31-27(35)25(28(36)32-17-15-20-8-12-23(30)13-9-20)33-26(34)24(37)18-21-4-2-1-3-5-21;1-7-3-5-8(9-2)6-4-7/h1-13,24-25,37H,14-18H2,(H,31,35)(H,32,36)(H,33,34);3-6H,1-2H3. The third kappa shape index (κ3) is 13.2. The number of methoxy groups -OCH3 is 1. The molecule has 0 spiro atoms. The second-order valence-corrected chi connectivity index (χ2v) is 12.0. The molecular formula is C36H39Cl2N3O4S. The van der Waals surface area contributed by atoms with Gasteiger partial charge >= 0.3 is 0 Å². The Morgan fingerprint density at radius 3 is 1.61 bits per heavy atom. The molecule has 4 aromatic rings. The van der Waals surface area contributed by atoms with Crippen LogP contribution < -0.4 is 20.7 Å². The minimum Gasteiger partial charge on any atom is -0.497 e. The molecule has 10 heteroatoms. The average molecular weight is 681 g/mol. The number of hydrogen-bond acceptors (Lipinski definition) is 5. The van der Waals surface area contributed by atoms with Gasteiger partial charge in [-0.25, -0.2) is 0 Å². The van der Waals surface area contributed by atoms with Gasteiger partial charge in [0.05, 0.1) is 12.4 Å².